The molecular weight excluding hydrogens is 216 g/mol. The van der Waals surface area contributed by atoms with Gasteiger partial charge in [-0.05, 0) is 24.6 Å². The zero-order valence-electron chi connectivity index (χ0n) is 10.3. The summed E-state index contributed by atoms with van der Waals surface area (Å²) in [5.74, 6) is 0.500. The number of aryl methyl sites for hydroxylation is 1. The normalized spacial score (nSPS) is 10.8. The average molecular weight is 232 g/mol. The molecule has 0 fully saturated rings. The summed E-state index contributed by atoms with van der Waals surface area (Å²) in [7, 11) is 3.61. The van der Waals surface area contributed by atoms with E-state index in [0.717, 1.165) is 27.9 Å². The van der Waals surface area contributed by atoms with Crippen LogP contribution >= 0.6 is 0 Å². The van der Waals surface area contributed by atoms with E-state index in [1.807, 2.05) is 32.2 Å². The second-order valence-electron chi connectivity index (χ2n) is 4.15. The number of carbonyl (C=O) groups excluding carboxylic acids is 1. The second kappa shape index (κ2) is 4.13. The molecule has 2 aromatic rings. The van der Waals surface area contributed by atoms with Gasteiger partial charge in [0.2, 0.25) is 5.91 Å². The zero-order valence-corrected chi connectivity index (χ0v) is 10.3. The average Bonchev–Trinajstić information content (AvgIpc) is 2.54. The van der Waals surface area contributed by atoms with Gasteiger partial charge in [0.25, 0.3) is 0 Å². The lowest BCUT2D eigenvalue weighted by molar-refractivity contribution is -0.117. The Hall–Kier alpha value is -1.97. The van der Waals surface area contributed by atoms with Gasteiger partial charge in [0.1, 0.15) is 5.75 Å². The number of carbonyl (C=O) groups is 1. The third-order valence-electron chi connectivity index (χ3n) is 3.18. The minimum absolute atomic E-state index is 0.273. The van der Waals surface area contributed by atoms with Gasteiger partial charge in [-0.25, -0.2) is 0 Å². The van der Waals surface area contributed by atoms with E-state index < -0.39 is 0 Å². The molecule has 2 N–H and O–H groups in total. The van der Waals surface area contributed by atoms with E-state index in [2.05, 4.69) is 4.57 Å². The Morgan fingerprint density at radius 1 is 1.47 bits per heavy atom. The minimum atomic E-state index is -0.309. The highest BCUT2D eigenvalue weighted by Crippen LogP contribution is 2.28. The molecule has 0 spiro atoms. The van der Waals surface area contributed by atoms with Crippen molar-refractivity contribution in [2.45, 2.75) is 13.3 Å². The Balaban J connectivity index is 2.68. The molecule has 2 rings (SSSR count). The Bertz CT molecular complexity index is 585. The van der Waals surface area contributed by atoms with Crippen LogP contribution in [0.15, 0.2) is 18.2 Å². The van der Waals surface area contributed by atoms with Crippen LogP contribution in [0.3, 0.4) is 0 Å². The van der Waals surface area contributed by atoms with Crippen molar-refractivity contribution in [3.05, 3.63) is 29.5 Å². The first-order chi connectivity index (χ1) is 8.04. The Kier molecular flexibility index (Phi) is 2.79. The van der Waals surface area contributed by atoms with Crippen molar-refractivity contribution >= 4 is 16.8 Å². The van der Waals surface area contributed by atoms with E-state index in [9.17, 15) is 4.79 Å². The molecule has 17 heavy (non-hydrogen) atoms. The summed E-state index contributed by atoms with van der Waals surface area (Å²) >= 11 is 0. The number of amides is 1. The maximum absolute atomic E-state index is 11.1. The molecule has 1 amide bonds. The molecule has 1 heterocycles. The van der Waals surface area contributed by atoms with E-state index in [4.69, 9.17) is 10.5 Å². The van der Waals surface area contributed by atoms with Crippen molar-refractivity contribution in [3.8, 4) is 5.75 Å². The molecule has 0 saturated heterocycles. The summed E-state index contributed by atoms with van der Waals surface area (Å²) in [4.78, 5) is 11.1. The molecule has 0 aliphatic rings. The van der Waals surface area contributed by atoms with Gasteiger partial charge in [0.15, 0.2) is 0 Å². The number of rotatable bonds is 3. The Morgan fingerprint density at radius 2 is 2.18 bits per heavy atom. The summed E-state index contributed by atoms with van der Waals surface area (Å²) in [5, 5.41) is 1.06. The third-order valence-corrected chi connectivity index (χ3v) is 3.18. The molecule has 0 saturated carbocycles. The van der Waals surface area contributed by atoms with Crippen molar-refractivity contribution in [1.82, 2.24) is 4.57 Å². The van der Waals surface area contributed by atoms with Crippen LogP contribution in [-0.4, -0.2) is 17.6 Å². The SMILES string of the molecule is COc1ccc2c(CC(N)=O)c(C)n(C)c2c1. The number of benzene rings is 1. The van der Waals surface area contributed by atoms with E-state index in [-0.39, 0.29) is 12.3 Å². The summed E-state index contributed by atoms with van der Waals surface area (Å²) in [6, 6.07) is 5.83. The molecule has 4 heteroatoms. The van der Waals surface area contributed by atoms with Crippen LogP contribution in [0, 0.1) is 6.92 Å². The predicted molar refractivity (Wildman–Crippen MR) is 67.1 cm³/mol. The fourth-order valence-corrected chi connectivity index (χ4v) is 2.15. The van der Waals surface area contributed by atoms with Gasteiger partial charge < -0.3 is 15.0 Å². The first-order valence-corrected chi connectivity index (χ1v) is 5.44. The summed E-state index contributed by atoms with van der Waals surface area (Å²) in [6.07, 6.45) is 0.273. The molecule has 0 radical (unpaired) electrons. The maximum atomic E-state index is 11.1. The molecule has 4 nitrogen and oxygen atoms in total. The lowest BCUT2D eigenvalue weighted by Crippen LogP contribution is -2.14. The number of aromatic nitrogens is 1. The van der Waals surface area contributed by atoms with Crippen molar-refractivity contribution in [1.29, 1.82) is 0 Å². The smallest absolute Gasteiger partial charge is 0.221 e. The lowest BCUT2D eigenvalue weighted by atomic mass is 10.1. The van der Waals surface area contributed by atoms with Crippen molar-refractivity contribution in [2.75, 3.05) is 7.11 Å². The quantitative estimate of drug-likeness (QED) is 0.872. The van der Waals surface area contributed by atoms with Crippen LogP contribution in [-0.2, 0) is 18.3 Å². The monoisotopic (exact) mass is 232 g/mol. The highest BCUT2D eigenvalue weighted by Gasteiger charge is 2.14. The molecule has 0 bridgehead atoms. The number of methoxy groups -OCH3 is 1. The fourth-order valence-electron chi connectivity index (χ4n) is 2.15. The first-order valence-electron chi connectivity index (χ1n) is 5.44. The Morgan fingerprint density at radius 3 is 2.76 bits per heavy atom. The van der Waals surface area contributed by atoms with Crippen molar-refractivity contribution in [2.24, 2.45) is 12.8 Å². The summed E-state index contributed by atoms with van der Waals surface area (Å²) < 4.78 is 7.25. The van der Waals surface area contributed by atoms with E-state index >= 15 is 0 Å². The lowest BCUT2D eigenvalue weighted by Gasteiger charge is -2.01. The van der Waals surface area contributed by atoms with Crippen LogP contribution in [0.4, 0.5) is 0 Å². The van der Waals surface area contributed by atoms with Crippen LogP contribution in [0.1, 0.15) is 11.3 Å². The minimum Gasteiger partial charge on any atom is -0.497 e. The molecule has 0 aliphatic heterocycles. The van der Waals surface area contributed by atoms with Gasteiger partial charge >= 0.3 is 0 Å². The number of nitrogens with two attached hydrogens (primary N) is 1. The standard InChI is InChI=1S/C13H16N2O2/c1-8-11(7-13(14)16)10-5-4-9(17-3)6-12(10)15(8)2/h4-6H,7H2,1-3H3,(H2,14,16). The number of fused-ring (bicyclic) bond motifs is 1. The first kappa shape index (κ1) is 11.5. The predicted octanol–water partition coefficient (Wildman–Crippen LogP) is 1.52. The van der Waals surface area contributed by atoms with Crippen molar-refractivity contribution in [3.63, 3.8) is 0 Å². The molecule has 1 aromatic carbocycles. The van der Waals surface area contributed by atoms with E-state index in [1.165, 1.54) is 0 Å². The van der Waals surface area contributed by atoms with E-state index in [0.29, 0.717) is 0 Å². The molecule has 1 aromatic heterocycles. The van der Waals surface area contributed by atoms with Crippen molar-refractivity contribution < 1.29 is 9.53 Å². The van der Waals surface area contributed by atoms with Gasteiger partial charge in [-0.3, -0.25) is 4.79 Å². The highest BCUT2D eigenvalue weighted by molar-refractivity contribution is 5.91. The van der Waals surface area contributed by atoms with Gasteiger partial charge in [-0.15, -0.1) is 0 Å². The van der Waals surface area contributed by atoms with Gasteiger partial charge in [-0.1, -0.05) is 0 Å². The molecule has 0 aliphatic carbocycles. The van der Waals surface area contributed by atoms with Gasteiger partial charge in [-0.2, -0.15) is 0 Å². The molecule has 90 valence electrons. The van der Waals surface area contributed by atoms with Crippen LogP contribution in [0.25, 0.3) is 10.9 Å². The highest BCUT2D eigenvalue weighted by atomic mass is 16.5. The molecule has 0 atom stereocenters. The summed E-state index contributed by atoms with van der Waals surface area (Å²) in [6.45, 7) is 1.99. The second-order valence-corrected chi connectivity index (χ2v) is 4.15. The van der Waals surface area contributed by atoms with Crippen LogP contribution < -0.4 is 10.5 Å². The number of hydrogen-bond acceptors (Lipinski definition) is 2. The zero-order chi connectivity index (χ0) is 12.6. The number of primary amides is 1. The maximum Gasteiger partial charge on any atom is 0.221 e. The van der Waals surface area contributed by atoms with E-state index in [1.54, 1.807) is 7.11 Å². The largest absolute Gasteiger partial charge is 0.497 e. The van der Waals surface area contributed by atoms with Crippen LogP contribution in [0.5, 0.6) is 5.75 Å². The number of nitrogens with zero attached hydrogens (tertiary/aromatic N) is 1. The molecule has 0 unspecified atom stereocenters. The summed E-state index contributed by atoms with van der Waals surface area (Å²) in [5.41, 5.74) is 8.39. The fraction of sp³-hybridized carbons (Fsp3) is 0.308. The third kappa shape index (κ3) is 1.86. The number of ether oxygens (including phenoxy) is 1. The van der Waals surface area contributed by atoms with Gasteiger partial charge in [0.05, 0.1) is 19.0 Å². The Labute approximate surface area is 100.0 Å². The van der Waals surface area contributed by atoms with Crippen LogP contribution in [0.2, 0.25) is 0 Å². The van der Waals surface area contributed by atoms with Gasteiger partial charge in [0, 0.05) is 24.2 Å². The topological polar surface area (TPSA) is 57.2 Å². The molecular formula is C13H16N2O2. The number of hydrogen-bond donors (Lipinski definition) is 1.